The fourth-order valence-electron chi connectivity index (χ4n) is 7.52. The third-order valence-corrected chi connectivity index (χ3v) is 10.4. The summed E-state index contributed by atoms with van der Waals surface area (Å²) in [5.41, 5.74) is 9.59. The minimum absolute atomic E-state index is 0.549. The zero-order valence-electron chi connectivity index (χ0n) is 32.2. The van der Waals surface area contributed by atoms with Gasteiger partial charge in [-0.25, -0.2) is 29.9 Å². The van der Waals surface area contributed by atoms with Gasteiger partial charge in [0.15, 0.2) is 34.9 Å². The lowest BCUT2D eigenvalue weighted by molar-refractivity contribution is 1.07. The maximum Gasteiger partial charge on any atom is 0.164 e. The Bertz CT molecular complexity index is 3090. The van der Waals surface area contributed by atoms with Crippen LogP contribution in [0.5, 0.6) is 0 Å². The average molecular weight is 768 g/mol. The number of nitriles is 1. The number of fused-ring (bicyclic) bond motifs is 1. The highest BCUT2D eigenvalue weighted by molar-refractivity contribution is 6.07. The minimum Gasteiger partial charge on any atom is -0.208 e. The molecule has 0 saturated heterocycles. The SMILES string of the molecule is N#Cc1cc(-c2cccc(-c3nc(-c4ccccc4)nc(-c4ccccc4)n3)c2)c(-c2cccc(-c3nc(-c4ccccc4)nc(-c4ccccc4)n3)c2)c2ccccc12. The molecule has 0 aliphatic carbocycles. The van der Waals surface area contributed by atoms with Gasteiger partial charge in [0, 0.05) is 38.8 Å². The maximum atomic E-state index is 10.5. The van der Waals surface area contributed by atoms with Crippen molar-refractivity contribution in [3.8, 4) is 96.7 Å². The zero-order chi connectivity index (χ0) is 40.3. The van der Waals surface area contributed by atoms with Crippen LogP contribution in [0.15, 0.2) is 200 Å². The van der Waals surface area contributed by atoms with Crippen LogP contribution < -0.4 is 0 Å². The molecule has 280 valence electrons. The number of hydrogen-bond donors (Lipinski definition) is 0. The van der Waals surface area contributed by atoms with E-state index in [0.29, 0.717) is 40.5 Å². The predicted octanol–water partition coefficient (Wildman–Crippen LogP) is 12.4. The van der Waals surface area contributed by atoms with E-state index >= 15 is 0 Å². The number of rotatable bonds is 8. The Morgan fingerprint density at radius 3 is 1.02 bits per heavy atom. The number of hydrogen-bond acceptors (Lipinski definition) is 7. The molecule has 0 aliphatic heterocycles. The van der Waals surface area contributed by atoms with E-state index in [1.54, 1.807) is 0 Å². The van der Waals surface area contributed by atoms with Crippen molar-refractivity contribution < 1.29 is 0 Å². The van der Waals surface area contributed by atoms with Gasteiger partial charge < -0.3 is 0 Å². The summed E-state index contributed by atoms with van der Waals surface area (Å²) < 4.78 is 0. The molecule has 0 saturated carbocycles. The molecule has 0 unspecified atom stereocenters. The lowest BCUT2D eigenvalue weighted by Gasteiger charge is -2.17. The molecule has 10 aromatic rings. The van der Waals surface area contributed by atoms with Crippen LogP contribution in [-0.4, -0.2) is 29.9 Å². The molecule has 60 heavy (non-hydrogen) atoms. The Balaban J connectivity index is 1.15. The second-order valence-electron chi connectivity index (χ2n) is 14.2. The highest BCUT2D eigenvalue weighted by Gasteiger charge is 2.19. The van der Waals surface area contributed by atoms with Gasteiger partial charge >= 0.3 is 0 Å². The van der Waals surface area contributed by atoms with Gasteiger partial charge in [-0.2, -0.15) is 5.26 Å². The third kappa shape index (κ3) is 7.06. The standard InChI is InChI=1S/C53H33N7/c54-34-43-33-46(39-25-15-27-41(31-39)52-57-48(35-17-5-1-6-18-35)55-49(58-52)36-19-7-2-8-20-36)47(45-30-14-13-29-44(43)45)40-26-16-28-42(32-40)53-59-50(37-21-9-3-10-22-37)56-51(60-53)38-23-11-4-12-24-38/h1-33H. The normalized spacial score (nSPS) is 11.0. The monoisotopic (exact) mass is 767 g/mol. The Morgan fingerprint density at radius 2 is 0.600 bits per heavy atom. The first kappa shape index (κ1) is 35.9. The van der Waals surface area contributed by atoms with Gasteiger partial charge in [-0.3, -0.25) is 0 Å². The van der Waals surface area contributed by atoms with Gasteiger partial charge in [-0.15, -0.1) is 0 Å². The Labute approximate surface area is 347 Å². The fourth-order valence-corrected chi connectivity index (χ4v) is 7.52. The van der Waals surface area contributed by atoms with Crippen LogP contribution in [0.3, 0.4) is 0 Å². The van der Waals surface area contributed by atoms with Crippen molar-refractivity contribution in [1.29, 1.82) is 5.26 Å². The molecule has 2 aromatic heterocycles. The topological polar surface area (TPSA) is 101 Å². The molecule has 0 radical (unpaired) electrons. The summed E-state index contributed by atoms with van der Waals surface area (Å²) in [6.45, 7) is 0. The van der Waals surface area contributed by atoms with E-state index in [9.17, 15) is 5.26 Å². The molecule has 2 heterocycles. The van der Waals surface area contributed by atoms with Crippen molar-refractivity contribution in [3.05, 3.63) is 206 Å². The van der Waals surface area contributed by atoms with Crippen LogP contribution in [0.4, 0.5) is 0 Å². The van der Waals surface area contributed by atoms with Crippen molar-refractivity contribution in [3.63, 3.8) is 0 Å². The van der Waals surface area contributed by atoms with E-state index in [4.69, 9.17) is 29.9 Å². The second kappa shape index (κ2) is 15.8. The fraction of sp³-hybridized carbons (Fsp3) is 0. The predicted molar refractivity (Wildman–Crippen MR) is 239 cm³/mol. The largest absolute Gasteiger partial charge is 0.208 e. The third-order valence-electron chi connectivity index (χ3n) is 10.4. The lowest BCUT2D eigenvalue weighted by atomic mass is 9.86. The number of aromatic nitrogens is 6. The van der Waals surface area contributed by atoms with E-state index in [1.165, 1.54) is 0 Å². The van der Waals surface area contributed by atoms with Crippen LogP contribution in [0, 0.1) is 11.3 Å². The van der Waals surface area contributed by atoms with Crippen molar-refractivity contribution in [2.45, 2.75) is 0 Å². The molecule has 0 fully saturated rings. The van der Waals surface area contributed by atoms with Crippen LogP contribution in [0.25, 0.3) is 101 Å². The van der Waals surface area contributed by atoms with Crippen molar-refractivity contribution in [2.75, 3.05) is 0 Å². The summed E-state index contributed by atoms with van der Waals surface area (Å²) in [6, 6.07) is 68.9. The maximum absolute atomic E-state index is 10.5. The van der Waals surface area contributed by atoms with Gasteiger partial charge in [0.2, 0.25) is 0 Å². The Hall–Kier alpha value is -8.47. The van der Waals surface area contributed by atoms with Crippen LogP contribution in [0.2, 0.25) is 0 Å². The van der Waals surface area contributed by atoms with Crippen molar-refractivity contribution in [1.82, 2.24) is 29.9 Å². The molecule has 0 aliphatic rings. The summed E-state index contributed by atoms with van der Waals surface area (Å²) in [5.74, 6) is 3.47. The molecule has 8 aromatic carbocycles. The van der Waals surface area contributed by atoms with Crippen LogP contribution in [-0.2, 0) is 0 Å². The molecule has 0 atom stereocenters. The van der Waals surface area contributed by atoms with E-state index in [-0.39, 0.29) is 0 Å². The van der Waals surface area contributed by atoms with Gasteiger partial charge in [0.1, 0.15) is 0 Å². The smallest absolute Gasteiger partial charge is 0.164 e. The van der Waals surface area contributed by atoms with E-state index in [0.717, 1.165) is 66.4 Å². The quantitative estimate of drug-likeness (QED) is 0.152. The molecular weight excluding hydrogens is 735 g/mol. The minimum atomic E-state index is 0.549. The lowest BCUT2D eigenvalue weighted by Crippen LogP contribution is -2.00. The highest BCUT2D eigenvalue weighted by Crippen LogP contribution is 2.42. The van der Waals surface area contributed by atoms with Crippen LogP contribution >= 0.6 is 0 Å². The first-order chi connectivity index (χ1) is 29.7. The molecule has 0 spiro atoms. The van der Waals surface area contributed by atoms with Crippen molar-refractivity contribution in [2.24, 2.45) is 0 Å². The summed E-state index contributed by atoms with van der Waals surface area (Å²) in [7, 11) is 0. The molecule has 0 N–H and O–H groups in total. The summed E-state index contributed by atoms with van der Waals surface area (Å²) in [5, 5.41) is 12.3. The second-order valence-corrected chi connectivity index (χ2v) is 14.2. The summed E-state index contributed by atoms with van der Waals surface area (Å²) in [4.78, 5) is 29.9. The highest BCUT2D eigenvalue weighted by atomic mass is 15.0. The Morgan fingerprint density at radius 1 is 0.283 bits per heavy atom. The van der Waals surface area contributed by atoms with Crippen molar-refractivity contribution >= 4 is 10.8 Å². The molecule has 7 nitrogen and oxygen atoms in total. The molecular formula is C53H33N7. The first-order valence-electron chi connectivity index (χ1n) is 19.6. The summed E-state index contributed by atoms with van der Waals surface area (Å²) in [6.07, 6.45) is 0. The van der Waals surface area contributed by atoms with E-state index in [2.05, 4.69) is 36.4 Å². The molecule has 7 heteroatoms. The van der Waals surface area contributed by atoms with E-state index < -0.39 is 0 Å². The average Bonchev–Trinajstić information content (AvgIpc) is 3.34. The number of nitrogens with zero attached hydrogens (tertiary/aromatic N) is 7. The van der Waals surface area contributed by atoms with Gasteiger partial charge in [0.05, 0.1) is 11.6 Å². The summed E-state index contributed by atoms with van der Waals surface area (Å²) >= 11 is 0. The number of benzene rings is 8. The molecule has 0 amide bonds. The first-order valence-corrected chi connectivity index (χ1v) is 19.6. The zero-order valence-corrected chi connectivity index (χ0v) is 32.2. The van der Waals surface area contributed by atoms with Gasteiger partial charge in [0.25, 0.3) is 0 Å². The molecule has 0 bridgehead atoms. The van der Waals surface area contributed by atoms with Crippen LogP contribution in [0.1, 0.15) is 5.56 Å². The van der Waals surface area contributed by atoms with E-state index in [1.807, 2.05) is 170 Å². The van der Waals surface area contributed by atoms with Gasteiger partial charge in [-0.05, 0) is 45.8 Å². The Kier molecular flexibility index (Phi) is 9.47. The van der Waals surface area contributed by atoms with Gasteiger partial charge in [-0.1, -0.05) is 182 Å². The molecule has 10 rings (SSSR count).